The SMILES string of the molecule is COc1ccccc1CCc1ccc(S(=O)(=O)N[C@@H](Cc2ccccc2)C(=O)O)cc1. The van der Waals surface area contributed by atoms with Gasteiger partial charge in [-0.25, -0.2) is 8.42 Å². The van der Waals surface area contributed by atoms with E-state index in [9.17, 15) is 18.3 Å². The van der Waals surface area contributed by atoms with E-state index in [1.807, 2.05) is 30.3 Å². The van der Waals surface area contributed by atoms with E-state index in [0.29, 0.717) is 0 Å². The van der Waals surface area contributed by atoms with E-state index in [4.69, 9.17) is 4.74 Å². The normalized spacial score (nSPS) is 12.3. The van der Waals surface area contributed by atoms with Crippen molar-refractivity contribution < 1.29 is 23.1 Å². The fraction of sp³-hybridized carbons (Fsp3) is 0.208. The fourth-order valence-electron chi connectivity index (χ4n) is 3.31. The lowest BCUT2D eigenvalue weighted by Crippen LogP contribution is -2.42. The molecule has 0 radical (unpaired) electrons. The van der Waals surface area contributed by atoms with Crippen molar-refractivity contribution in [3.05, 3.63) is 95.6 Å². The minimum atomic E-state index is -3.97. The summed E-state index contributed by atoms with van der Waals surface area (Å²) in [5.41, 5.74) is 2.79. The van der Waals surface area contributed by atoms with Crippen LogP contribution in [0.1, 0.15) is 16.7 Å². The molecule has 0 heterocycles. The number of nitrogens with one attached hydrogen (secondary N) is 1. The molecule has 0 saturated carbocycles. The van der Waals surface area contributed by atoms with E-state index in [1.165, 1.54) is 12.1 Å². The summed E-state index contributed by atoms with van der Waals surface area (Å²) in [6.45, 7) is 0. The van der Waals surface area contributed by atoms with Gasteiger partial charge in [0.25, 0.3) is 0 Å². The first kappa shape index (κ1) is 22.5. The Labute approximate surface area is 182 Å². The molecule has 0 aliphatic rings. The molecule has 3 aromatic rings. The molecule has 1 atom stereocenters. The van der Waals surface area contributed by atoms with Crippen molar-refractivity contribution in [1.82, 2.24) is 4.72 Å². The molecule has 2 N–H and O–H groups in total. The van der Waals surface area contributed by atoms with Crippen LogP contribution in [0.15, 0.2) is 83.8 Å². The zero-order valence-electron chi connectivity index (χ0n) is 17.2. The second kappa shape index (κ2) is 10.2. The Morgan fingerprint density at radius 3 is 2.19 bits per heavy atom. The summed E-state index contributed by atoms with van der Waals surface area (Å²) >= 11 is 0. The molecule has 3 aromatic carbocycles. The van der Waals surface area contributed by atoms with E-state index >= 15 is 0 Å². The van der Waals surface area contributed by atoms with Gasteiger partial charge in [0.1, 0.15) is 11.8 Å². The summed E-state index contributed by atoms with van der Waals surface area (Å²) in [5, 5.41) is 9.47. The number of para-hydroxylation sites is 1. The number of rotatable bonds is 10. The minimum absolute atomic E-state index is 0.0350. The number of benzene rings is 3. The van der Waals surface area contributed by atoms with Crippen molar-refractivity contribution >= 4 is 16.0 Å². The average molecular weight is 440 g/mol. The zero-order valence-corrected chi connectivity index (χ0v) is 18.0. The van der Waals surface area contributed by atoms with E-state index in [1.54, 1.807) is 43.5 Å². The van der Waals surface area contributed by atoms with Crippen molar-refractivity contribution in [2.75, 3.05) is 7.11 Å². The topological polar surface area (TPSA) is 92.7 Å². The van der Waals surface area contributed by atoms with Gasteiger partial charge in [-0.05, 0) is 54.2 Å². The molecule has 0 saturated heterocycles. The van der Waals surface area contributed by atoms with Crippen LogP contribution in [0.5, 0.6) is 5.75 Å². The Hall–Kier alpha value is -3.16. The van der Waals surface area contributed by atoms with Gasteiger partial charge in [-0.2, -0.15) is 4.72 Å². The highest BCUT2D eigenvalue weighted by atomic mass is 32.2. The minimum Gasteiger partial charge on any atom is -0.496 e. The lowest BCUT2D eigenvalue weighted by atomic mass is 10.0. The number of carboxylic acids is 1. The van der Waals surface area contributed by atoms with Gasteiger partial charge < -0.3 is 9.84 Å². The van der Waals surface area contributed by atoms with E-state index < -0.39 is 22.0 Å². The second-order valence-corrected chi connectivity index (χ2v) is 8.87. The Morgan fingerprint density at radius 1 is 0.903 bits per heavy atom. The smallest absolute Gasteiger partial charge is 0.322 e. The van der Waals surface area contributed by atoms with Gasteiger partial charge in [0.05, 0.1) is 12.0 Å². The first-order valence-electron chi connectivity index (χ1n) is 9.89. The van der Waals surface area contributed by atoms with Crippen LogP contribution in [-0.4, -0.2) is 32.6 Å². The van der Waals surface area contributed by atoms with Crippen molar-refractivity contribution in [1.29, 1.82) is 0 Å². The van der Waals surface area contributed by atoms with Gasteiger partial charge in [-0.1, -0.05) is 60.7 Å². The molecule has 162 valence electrons. The number of aryl methyl sites for hydroxylation is 2. The predicted molar refractivity (Wildman–Crippen MR) is 119 cm³/mol. The molecule has 0 spiro atoms. The molecular formula is C24H25NO5S. The third kappa shape index (κ3) is 6.16. The molecule has 7 heteroatoms. The Bertz CT molecular complexity index is 1110. The highest BCUT2D eigenvalue weighted by molar-refractivity contribution is 7.89. The zero-order chi connectivity index (χ0) is 22.3. The molecule has 0 fully saturated rings. The Morgan fingerprint density at radius 2 is 1.55 bits per heavy atom. The number of methoxy groups -OCH3 is 1. The number of hydrogen-bond donors (Lipinski definition) is 2. The molecule has 0 unspecified atom stereocenters. The van der Waals surface area contributed by atoms with Crippen molar-refractivity contribution in [3.8, 4) is 5.75 Å². The summed E-state index contributed by atoms with van der Waals surface area (Å²) in [5.74, 6) is -0.398. The molecule has 0 bridgehead atoms. The average Bonchev–Trinajstić information content (AvgIpc) is 2.78. The molecule has 0 amide bonds. The van der Waals surface area contributed by atoms with Gasteiger partial charge in [-0.15, -0.1) is 0 Å². The number of hydrogen-bond acceptors (Lipinski definition) is 4. The van der Waals surface area contributed by atoms with Crippen LogP contribution >= 0.6 is 0 Å². The second-order valence-electron chi connectivity index (χ2n) is 7.16. The molecule has 0 aliphatic carbocycles. The van der Waals surface area contributed by atoms with E-state index in [2.05, 4.69) is 4.72 Å². The van der Waals surface area contributed by atoms with Gasteiger partial charge in [0.2, 0.25) is 10.0 Å². The maximum atomic E-state index is 12.7. The van der Waals surface area contributed by atoms with Crippen LogP contribution in [0.4, 0.5) is 0 Å². The first-order chi connectivity index (χ1) is 14.9. The lowest BCUT2D eigenvalue weighted by molar-refractivity contribution is -0.138. The van der Waals surface area contributed by atoms with Crippen LogP contribution in [0, 0.1) is 0 Å². The van der Waals surface area contributed by atoms with Crippen LogP contribution < -0.4 is 9.46 Å². The fourth-order valence-corrected chi connectivity index (χ4v) is 4.50. The van der Waals surface area contributed by atoms with Crippen LogP contribution in [0.2, 0.25) is 0 Å². The van der Waals surface area contributed by atoms with Crippen molar-refractivity contribution in [3.63, 3.8) is 0 Å². The van der Waals surface area contributed by atoms with Crippen LogP contribution in [0.3, 0.4) is 0 Å². The monoisotopic (exact) mass is 439 g/mol. The van der Waals surface area contributed by atoms with Gasteiger partial charge in [-0.3, -0.25) is 4.79 Å². The number of carboxylic acid groups (broad SMARTS) is 1. The molecular weight excluding hydrogens is 414 g/mol. The standard InChI is InChI=1S/C24H25NO5S/c1-30-23-10-6-5-9-20(23)14-11-18-12-15-21(16-13-18)31(28,29)25-22(24(26)27)17-19-7-3-2-4-8-19/h2-10,12-13,15-16,22,25H,11,14,17H2,1H3,(H,26,27)/t22-/m0/s1. The maximum Gasteiger partial charge on any atom is 0.322 e. The van der Waals surface area contributed by atoms with E-state index in [0.717, 1.165) is 35.3 Å². The maximum absolute atomic E-state index is 12.7. The largest absolute Gasteiger partial charge is 0.496 e. The van der Waals surface area contributed by atoms with Gasteiger partial charge in [0.15, 0.2) is 0 Å². The number of carbonyl (C=O) groups is 1. The summed E-state index contributed by atoms with van der Waals surface area (Å²) in [4.78, 5) is 11.6. The predicted octanol–water partition coefficient (Wildman–Crippen LogP) is 3.45. The molecule has 0 aliphatic heterocycles. The lowest BCUT2D eigenvalue weighted by Gasteiger charge is -2.15. The number of sulfonamides is 1. The van der Waals surface area contributed by atoms with Gasteiger partial charge >= 0.3 is 5.97 Å². The molecule has 31 heavy (non-hydrogen) atoms. The van der Waals surface area contributed by atoms with Crippen molar-refractivity contribution in [2.24, 2.45) is 0 Å². The third-order valence-corrected chi connectivity index (χ3v) is 6.47. The summed E-state index contributed by atoms with van der Waals surface area (Å²) in [6.07, 6.45) is 1.54. The molecule has 3 rings (SSSR count). The Balaban J connectivity index is 1.67. The number of ether oxygens (including phenoxy) is 1. The first-order valence-corrected chi connectivity index (χ1v) is 11.4. The van der Waals surface area contributed by atoms with E-state index in [-0.39, 0.29) is 11.3 Å². The van der Waals surface area contributed by atoms with Crippen molar-refractivity contribution in [2.45, 2.75) is 30.2 Å². The summed E-state index contributed by atoms with van der Waals surface area (Å²) < 4.78 is 33.1. The number of aliphatic carboxylic acids is 1. The highest BCUT2D eigenvalue weighted by Crippen LogP contribution is 2.20. The molecule has 6 nitrogen and oxygen atoms in total. The van der Waals surface area contributed by atoms with Gasteiger partial charge in [0, 0.05) is 0 Å². The van der Waals surface area contributed by atoms with Crippen LogP contribution in [0.25, 0.3) is 0 Å². The molecule has 0 aromatic heterocycles. The third-order valence-electron chi connectivity index (χ3n) is 4.99. The summed E-state index contributed by atoms with van der Waals surface area (Å²) in [6, 6.07) is 21.9. The summed E-state index contributed by atoms with van der Waals surface area (Å²) in [7, 11) is -2.34. The quantitative estimate of drug-likeness (QED) is 0.505. The highest BCUT2D eigenvalue weighted by Gasteiger charge is 2.25. The van der Waals surface area contributed by atoms with Crippen LogP contribution in [-0.2, 0) is 34.1 Å². The Kier molecular flexibility index (Phi) is 7.44.